The van der Waals surface area contributed by atoms with E-state index in [2.05, 4.69) is 9.72 Å². The third-order valence-electron chi connectivity index (χ3n) is 3.89. The van der Waals surface area contributed by atoms with Gasteiger partial charge < -0.3 is 14.3 Å². The highest BCUT2D eigenvalue weighted by molar-refractivity contribution is 6.07. The Morgan fingerprint density at radius 2 is 2.00 bits per heavy atom. The van der Waals surface area contributed by atoms with Crippen LogP contribution >= 0.6 is 0 Å². The van der Waals surface area contributed by atoms with Crippen molar-refractivity contribution >= 4 is 28.3 Å². The van der Waals surface area contributed by atoms with Gasteiger partial charge in [-0.25, -0.2) is 4.79 Å². The number of hydrogen-bond acceptors (Lipinski definition) is 6. The number of ether oxygens (including phenoxy) is 1. The Labute approximate surface area is 146 Å². The van der Waals surface area contributed by atoms with E-state index in [1.54, 1.807) is 24.3 Å². The van der Waals surface area contributed by atoms with Crippen LogP contribution in [0.4, 0.5) is 5.69 Å². The van der Waals surface area contributed by atoms with E-state index < -0.39 is 40.0 Å². The molecule has 9 heteroatoms. The molecule has 0 aliphatic rings. The van der Waals surface area contributed by atoms with Crippen molar-refractivity contribution in [3.05, 3.63) is 74.3 Å². The van der Waals surface area contributed by atoms with Crippen LogP contribution in [0, 0.1) is 10.1 Å². The van der Waals surface area contributed by atoms with Crippen LogP contribution < -0.4 is 5.56 Å². The molecule has 0 amide bonds. The SMILES string of the molecule is COC(=O)c1cc([N+](=O)[O-])cn(CC(=O)c2c[nH]c3ccccc23)c1=O. The number of methoxy groups -OCH3 is 1. The fourth-order valence-corrected chi connectivity index (χ4v) is 2.64. The summed E-state index contributed by atoms with van der Waals surface area (Å²) >= 11 is 0. The van der Waals surface area contributed by atoms with E-state index in [1.807, 2.05) is 0 Å². The van der Waals surface area contributed by atoms with Crippen LogP contribution in [-0.4, -0.2) is 33.3 Å². The van der Waals surface area contributed by atoms with Gasteiger partial charge in [-0.3, -0.25) is 19.7 Å². The van der Waals surface area contributed by atoms with E-state index in [4.69, 9.17) is 0 Å². The number of Topliss-reactive ketones (excluding diaryl/α,β-unsaturated/α-hetero) is 1. The average Bonchev–Trinajstić information content (AvgIpc) is 3.06. The monoisotopic (exact) mass is 355 g/mol. The molecule has 1 N–H and O–H groups in total. The van der Waals surface area contributed by atoms with Gasteiger partial charge in [0.15, 0.2) is 5.78 Å². The van der Waals surface area contributed by atoms with Crippen molar-refractivity contribution in [2.75, 3.05) is 7.11 Å². The molecule has 0 aliphatic carbocycles. The predicted molar refractivity (Wildman–Crippen MR) is 91.3 cm³/mol. The van der Waals surface area contributed by atoms with Gasteiger partial charge >= 0.3 is 5.97 Å². The highest BCUT2D eigenvalue weighted by Crippen LogP contribution is 2.19. The van der Waals surface area contributed by atoms with E-state index in [9.17, 15) is 24.5 Å². The Hall–Kier alpha value is -3.75. The molecule has 2 aromatic heterocycles. The molecule has 0 fully saturated rings. The van der Waals surface area contributed by atoms with Crippen molar-refractivity contribution in [2.45, 2.75) is 6.54 Å². The van der Waals surface area contributed by atoms with E-state index in [0.717, 1.165) is 29.5 Å². The van der Waals surface area contributed by atoms with Crippen LogP contribution in [0.3, 0.4) is 0 Å². The first kappa shape index (κ1) is 17.1. The van der Waals surface area contributed by atoms with Gasteiger partial charge in [0.05, 0.1) is 24.8 Å². The molecule has 0 saturated heterocycles. The summed E-state index contributed by atoms with van der Waals surface area (Å²) in [5, 5.41) is 11.7. The molecule has 9 nitrogen and oxygen atoms in total. The van der Waals surface area contributed by atoms with E-state index in [0.29, 0.717) is 10.9 Å². The Kier molecular flexibility index (Phi) is 4.36. The van der Waals surface area contributed by atoms with Gasteiger partial charge in [-0.05, 0) is 6.07 Å². The van der Waals surface area contributed by atoms with Gasteiger partial charge in [-0.1, -0.05) is 18.2 Å². The molecule has 3 aromatic rings. The molecule has 0 unspecified atom stereocenters. The molecule has 0 radical (unpaired) electrons. The van der Waals surface area contributed by atoms with Gasteiger partial charge in [-0.15, -0.1) is 0 Å². The molecule has 0 spiro atoms. The van der Waals surface area contributed by atoms with Crippen molar-refractivity contribution in [1.82, 2.24) is 9.55 Å². The first-order chi connectivity index (χ1) is 12.4. The third-order valence-corrected chi connectivity index (χ3v) is 3.89. The zero-order chi connectivity index (χ0) is 18.8. The zero-order valence-electron chi connectivity index (χ0n) is 13.6. The fourth-order valence-electron chi connectivity index (χ4n) is 2.64. The van der Waals surface area contributed by atoms with Crippen molar-refractivity contribution in [3.8, 4) is 0 Å². The maximum Gasteiger partial charge on any atom is 0.343 e. The summed E-state index contributed by atoms with van der Waals surface area (Å²) in [6.45, 7) is -0.452. The van der Waals surface area contributed by atoms with E-state index in [1.165, 1.54) is 6.20 Å². The number of fused-ring (bicyclic) bond motifs is 1. The van der Waals surface area contributed by atoms with Gasteiger partial charge in [0, 0.05) is 28.7 Å². The number of H-pyrrole nitrogens is 1. The van der Waals surface area contributed by atoms with Gasteiger partial charge in [0.2, 0.25) is 0 Å². The summed E-state index contributed by atoms with van der Waals surface area (Å²) < 4.78 is 5.32. The molecule has 0 bridgehead atoms. The number of esters is 1. The van der Waals surface area contributed by atoms with Gasteiger partial charge in [-0.2, -0.15) is 0 Å². The standard InChI is InChI=1S/C17H13N3O6/c1-26-17(23)12-6-10(20(24)25)8-19(16(12)22)9-15(21)13-7-18-14-5-3-2-4-11(13)14/h2-8,18H,9H2,1H3. The largest absolute Gasteiger partial charge is 0.465 e. The van der Waals surface area contributed by atoms with Crippen molar-refractivity contribution < 1.29 is 19.2 Å². The highest BCUT2D eigenvalue weighted by Gasteiger charge is 2.21. The highest BCUT2D eigenvalue weighted by atomic mass is 16.6. The number of hydrogen-bond donors (Lipinski definition) is 1. The number of nitro groups is 1. The summed E-state index contributed by atoms with van der Waals surface area (Å²) in [5.41, 5.74) is -0.739. The minimum absolute atomic E-state index is 0.346. The second kappa shape index (κ2) is 6.63. The van der Waals surface area contributed by atoms with Crippen molar-refractivity contribution in [2.24, 2.45) is 0 Å². The maximum atomic E-state index is 12.6. The number of benzene rings is 1. The lowest BCUT2D eigenvalue weighted by Gasteiger charge is -2.07. The van der Waals surface area contributed by atoms with Crippen LogP contribution in [0.15, 0.2) is 47.5 Å². The smallest absolute Gasteiger partial charge is 0.343 e. The predicted octanol–water partition coefficient (Wildman–Crippen LogP) is 1.91. The van der Waals surface area contributed by atoms with E-state index in [-0.39, 0.29) is 0 Å². The molecule has 0 saturated carbocycles. The Morgan fingerprint density at radius 1 is 1.27 bits per heavy atom. The van der Waals surface area contributed by atoms with Crippen LogP contribution in [-0.2, 0) is 11.3 Å². The summed E-state index contributed by atoms with van der Waals surface area (Å²) in [5.74, 6) is -1.44. The molecule has 132 valence electrons. The molecule has 0 aliphatic heterocycles. The second-order valence-corrected chi connectivity index (χ2v) is 5.46. The van der Waals surface area contributed by atoms with Crippen LogP contribution in [0.1, 0.15) is 20.7 Å². The third kappa shape index (κ3) is 2.97. The fraction of sp³-hybridized carbons (Fsp3) is 0.118. The Bertz CT molecular complexity index is 1100. The summed E-state index contributed by atoms with van der Waals surface area (Å²) in [6, 6.07) is 7.94. The lowest BCUT2D eigenvalue weighted by Crippen LogP contribution is -2.29. The first-order valence-corrected chi connectivity index (χ1v) is 7.49. The second-order valence-electron chi connectivity index (χ2n) is 5.46. The number of aromatic nitrogens is 2. The number of pyridine rings is 1. The average molecular weight is 355 g/mol. The molecule has 26 heavy (non-hydrogen) atoms. The molecule has 2 heterocycles. The van der Waals surface area contributed by atoms with Crippen molar-refractivity contribution in [3.63, 3.8) is 0 Å². The summed E-state index contributed by atoms with van der Waals surface area (Å²) in [6.07, 6.45) is 2.44. The number of ketones is 1. The number of aromatic amines is 1. The number of nitrogens with one attached hydrogen (secondary N) is 1. The molecular weight excluding hydrogens is 342 g/mol. The molecule has 0 atom stereocenters. The number of carbonyl (C=O) groups excluding carboxylic acids is 2. The normalized spacial score (nSPS) is 10.7. The quantitative estimate of drug-likeness (QED) is 0.323. The topological polar surface area (TPSA) is 124 Å². The Balaban J connectivity index is 2.05. The van der Waals surface area contributed by atoms with Crippen molar-refractivity contribution in [1.29, 1.82) is 0 Å². The van der Waals surface area contributed by atoms with Gasteiger partial charge in [0.1, 0.15) is 5.56 Å². The lowest BCUT2D eigenvalue weighted by atomic mass is 10.1. The van der Waals surface area contributed by atoms with Gasteiger partial charge in [0.25, 0.3) is 11.2 Å². The minimum atomic E-state index is -1.01. The maximum absolute atomic E-state index is 12.6. The number of rotatable bonds is 5. The lowest BCUT2D eigenvalue weighted by molar-refractivity contribution is -0.385. The van der Waals surface area contributed by atoms with E-state index >= 15 is 0 Å². The number of carbonyl (C=O) groups is 2. The molecule has 3 rings (SSSR count). The van der Waals surface area contributed by atoms with Crippen LogP contribution in [0.25, 0.3) is 10.9 Å². The Morgan fingerprint density at radius 3 is 2.69 bits per heavy atom. The summed E-state index contributed by atoms with van der Waals surface area (Å²) in [7, 11) is 1.06. The van der Waals surface area contributed by atoms with Crippen LogP contribution in [0.2, 0.25) is 0 Å². The zero-order valence-corrected chi connectivity index (χ0v) is 13.6. The minimum Gasteiger partial charge on any atom is -0.465 e. The molecular formula is C17H13N3O6. The number of nitrogens with zero attached hydrogens (tertiary/aromatic N) is 2. The number of para-hydroxylation sites is 1. The molecule has 1 aromatic carbocycles. The summed E-state index contributed by atoms with van der Waals surface area (Å²) in [4.78, 5) is 50.0. The van der Waals surface area contributed by atoms with Crippen LogP contribution in [0.5, 0.6) is 0 Å². The first-order valence-electron chi connectivity index (χ1n) is 7.49.